The van der Waals surface area contributed by atoms with Gasteiger partial charge in [-0.3, -0.25) is 0 Å². The Morgan fingerprint density at radius 1 is 0.935 bits per heavy atom. The minimum atomic E-state index is -0.438. The molecular formula is C27H43NO3. The molecule has 1 aromatic rings. The lowest BCUT2D eigenvalue weighted by molar-refractivity contribution is 0.198. The van der Waals surface area contributed by atoms with Gasteiger partial charge in [0.1, 0.15) is 0 Å². The molecule has 0 bridgehead atoms. The first-order valence-electron chi connectivity index (χ1n) is 12.1. The molecule has 0 aliphatic carbocycles. The lowest BCUT2D eigenvalue weighted by atomic mass is 10.1. The summed E-state index contributed by atoms with van der Waals surface area (Å²) in [5.74, 6) is 0.986. The maximum absolute atomic E-state index is 12.0. The number of carbonyl (C=O) groups is 1. The molecule has 0 heterocycles. The van der Waals surface area contributed by atoms with E-state index in [-0.39, 0.29) is 0 Å². The van der Waals surface area contributed by atoms with Gasteiger partial charge in [-0.15, -0.1) is 6.58 Å². The lowest BCUT2D eigenvalue weighted by Gasteiger charge is -2.11. The second kappa shape index (κ2) is 18.5. The fourth-order valence-corrected chi connectivity index (χ4v) is 3.44. The van der Waals surface area contributed by atoms with Crippen molar-refractivity contribution in [2.75, 3.05) is 13.7 Å². The number of ether oxygens (including phenoxy) is 2. The van der Waals surface area contributed by atoms with E-state index in [9.17, 15) is 4.79 Å². The molecule has 1 amide bonds. The highest BCUT2D eigenvalue weighted by molar-refractivity contribution is 5.71. The van der Waals surface area contributed by atoms with Crippen molar-refractivity contribution in [3.8, 4) is 11.5 Å². The molecule has 0 atom stereocenters. The van der Waals surface area contributed by atoms with Crippen molar-refractivity contribution in [1.29, 1.82) is 0 Å². The van der Waals surface area contributed by atoms with Gasteiger partial charge in [0.05, 0.1) is 7.11 Å². The molecule has 0 aromatic heterocycles. The largest absolute Gasteiger partial charge is 0.493 e. The van der Waals surface area contributed by atoms with Crippen LogP contribution >= 0.6 is 0 Å². The summed E-state index contributed by atoms with van der Waals surface area (Å²) in [5, 5.41) is 2.82. The van der Waals surface area contributed by atoms with Crippen molar-refractivity contribution >= 4 is 6.09 Å². The smallest absolute Gasteiger partial charge is 0.412 e. The summed E-state index contributed by atoms with van der Waals surface area (Å²) < 4.78 is 10.7. The van der Waals surface area contributed by atoms with Crippen LogP contribution in [0.5, 0.6) is 11.5 Å². The van der Waals surface area contributed by atoms with Crippen LogP contribution in [0.3, 0.4) is 0 Å². The van der Waals surface area contributed by atoms with E-state index in [2.05, 4.69) is 31.0 Å². The highest BCUT2D eigenvalue weighted by Gasteiger charge is 2.10. The number of benzene rings is 1. The van der Waals surface area contributed by atoms with Gasteiger partial charge in [-0.05, 0) is 56.2 Å². The van der Waals surface area contributed by atoms with Gasteiger partial charge in [-0.1, -0.05) is 76.2 Å². The summed E-state index contributed by atoms with van der Waals surface area (Å²) in [7, 11) is 1.57. The summed E-state index contributed by atoms with van der Waals surface area (Å²) in [6, 6.07) is 5.54. The Bertz CT molecular complexity index is 639. The highest BCUT2D eigenvalue weighted by atomic mass is 16.6. The van der Waals surface area contributed by atoms with E-state index in [1.165, 1.54) is 57.8 Å². The minimum Gasteiger partial charge on any atom is -0.493 e. The van der Waals surface area contributed by atoms with E-state index in [1.54, 1.807) is 13.2 Å². The van der Waals surface area contributed by atoms with Crippen LogP contribution in [0.4, 0.5) is 4.79 Å². The number of hydrogen-bond donors (Lipinski definition) is 1. The Hall–Kier alpha value is -2.23. The molecule has 0 saturated carbocycles. The molecule has 1 N–H and O–H groups in total. The van der Waals surface area contributed by atoms with Crippen LogP contribution in [0.15, 0.2) is 43.0 Å². The van der Waals surface area contributed by atoms with Gasteiger partial charge in [-0.2, -0.15) is 0 Å². The maximum atomic E-state index is 12.0. The fraction of sp³-hybridized carbons (Fsp3) is 0.593. The fourth-order valence-electron chi connectivity index (χ4n) is 3.44. The summed E-state index contributed by atoms with van der Waals surface area (Å²) in [6.07, 6.45) is 21.9. The van der Waals surface area contributed by atoms with Gasteiger partial charge in [0.15, 0.2) is 11.5 Å². The van der Waals surface area contributed by atoms with E-state index in [1.807, 2.05) is 18.2 Å². The van der Waals surface area contributed by atoms with E-state index < -0.39 is 6.09 Å². The molecule has 0 fully saturated rings. The Morgan fingerprint density at radius 2 is 1.58 bits per heavy atom. The molecule has 4 nitrogen and oxygen atoms in total. The molecule has 0 spiro atoms. The molecule has 0 aliphatic heterocycles. The third-order valence-electron chi connectivity index (χ3n) is 5.27. The number of unbranched alkanes of at least 4 members (excludes halogenated alkanes) is 10. The summed E-state index contributed by atoms with van der Waals surface area (Å²) >= 11 is 0. The molecule has 0 unspecified atom stereocenters. The number of carbonyl (C=O) groups excluding carboxylic acids is 1. The molecule has 1 aromatic carbocycles. The third-order valence-corrected chi connectivity index (χ3v) is 5.27. The predicted molar refractivity (Wildman–Crippen MR) is 131 cm³/mol. The molecule has 0 radical (unpaired) electrons. The van der Waals surface area contributed by atoms with Gasteiger partial charge in [0.25, 0.3) is 0 Å². The van der Waals surface area contributed by atoms with Gasteiger partial charge >= 0.3 is 6.09 Å². The molecule has 1 rings (SSSR count). The van der Waals surface area contributed by atoms with E-state index in [0.717, 1.165) is 31.2 Å². The Morgan fingerprint density at radius 3 is 2.23 bits per heavy atom. The first-order valence-corrected chi connectivity index (χ1v) is 12.1. The average molecular weight is 430 g/mol. The van der Waals surface area contributed by atoms with Gasteiger partial charge < -0.3 is 14.8 Å². The number of methoxy groups -OCH3 is 1. The van der Waals surface area contributed by atoms with E-state index in [4.69, 9.17) is 9.47 Å². The molecule has 0 aliphatic rings. The van der Waals surface area contributed by atoms with Crippen molar-refractivity contribution in [3.63, 3.8) is 0 Å². The van der Waals surface area contributed by atoms with Gasteiger partial charge in [0, 0.05) is 6.54 Å². The molecular weight excluding hydrogens is 386 g/mol. The maximum Gasteiger partial charge on any atom is 0.412 e. The average Bonchev–Trinajstić information content (AvgIpc) is 2.77. The number of nitrogens with one attached hydrogen (secondary N) is 1. The normalized spacial score (nSPS) is 10.9. The Labute approximate surface area is 190 Å². The zero-order valence-corrected chi connectivity index (χ0v) is 19.8. The van der Waals surface area contributed by atoms with Crippen molar-refractivity contribution in [2.45, 2.75) is 90.4 Å². The SMILES string of the molecule is C=CCc1ccc(OC(=O)NCCCCCC/C=C\CCCCCCCC)c(OC)c1. The minimum absolute atomic E-state index is 0.431. The highest BCUT2D eigenvalue weighted by Crippen LogP contribution is 2.28. The van der Waals surface area contributed by atoms with Crippen LogP contribution < -0.4 is 14.8 Å². The Kier molecular flexibility index (Phi) is 16.0. The van der Waals surface area contributed by atoms with Gasteiger partial charge in [0.2, 0.25) is 0 Å². The van der Waals surface area contributed by atoms with Crippen LogP contribution in [-0.4, -0.2) is 19.7 Å². The number of allylic oxidation sites excluding steroid dienone is 3. The second-order valence-electron chi connectivity index (χ2n) is 8.03. The van der Waals surface area contributed by atoms with E-state index >= 15 is 0 Å². The molecule has 174 valence electrons. The molecule has 31 heavy (non-hydrogen) atoms. The summed E-state index contributed by atoms with van der Waals surface area (Å²) in [6.45, 7) is 6.62. The monoisotopic (exact) mass is 429 g/mol. The van der Waals surface area contributed by atoms with Crippen LogP contribution in [-0.2, 0) is 6.42 Å². The second-order valence-corrected chi connectivity index (χ2v) is 8.03. The first-order chi connectivity index (χ1) is 15.2. The van der Waals surface area contributed by atoms with Gasteiger partial charge in [-0.25, -0.2) is 4.79 Å². The van der Waals surface area contributed by atoms with Crippen molar-refractivity contribution in [3.05, 3.63) is 48.6 Å². The quantitative estimate of drug-likeness (QED) is 0.191. The van der Waals surface area contributed by atoms with E-state index in [0.29, 0.717) is 18.0 Å². The van der Waals surface area contributed by atoms with Crippen LogP contribution in [0, 0.1) is 0 Å². The standard InChI is InChI=1S/C27H43NO3/c1-4-6-7-8-9-10-11-12-13-14-15-16-17-18-22-28-27(29)31-25-21-20-24(19-5-2)23-26(25)30-3/h5,12-13,20-21,23H,2,4,6-11,14-19,22H2,1,3H3,(H,28,29)/b13-12-. The zero-order chi connectivity index (χ0) is 22.6. The predicted octanol–water partition coefficient (Wildman–Crippen LogP) is 7.77. The number of amides is 1. The summed E-state index contributed by atoms with van der Waals surface area (Å²) in [4.78, 5) is 12.0. The molecule has 4 heteroatoms. The lowest BCUT2D eigenvalue weighted by Crippen LogP contribution is -2.27. The van der Waals surface area contributed by atoms with Crippen molar-refractivity contribution in [2.24, 2.45) is 0 Å². The van der Waals surface area contributed by atoms with Crippen LogP contribution in [0.25, 0.3) is 0 Å². The number of hydrogen-bond acceptors (Lipinski definition) is 3. The Balaban J connectivity index is 2.04. The third kappa shape index (κ3) is 13.6. The van der Waals surface area contributed by atoms with Crippen molar-refractivity contribution in [1.82, 2.24) is 5.32 Å². The van der Waals surface area contributed by atoms with Crippen LogP contribution in [0.1, 0.15) is 89.5 Å². The topological polar surface area (TPSA) is 47.6 Å². The summed E-state index contributed by atoms with van der Waals surface area (Å²) in [5.41, 5.74) is 1.07. The first kappa shape index (κ1) is 26.8. The van der Waals surface area contributed by atoms with Crippen LogP contribution in [0.2, 0.25) is 0 Å². The molecule has 0 saturated heterocycles. The number of rotatable bonds is 18. The van der Waals surface area contributed by atoms with Crippen molar-refractivity contribution < 1.29 is 14.3 Å². The zero-order valence-electron chi connectivity index (χ0n) is 19.8.